The first kappa shape index (κ1) is 20.2. The number of hydrogen-bond acceptors (Lipinski definition) is 4. The molecule has 2 heterocycles. The Balaban J connectivity index is 1.88. The van der Waals surface area contributed by atoms with Crippen molar-refractivity contribution in [1.29, 1.82) is 0 Å². The Hall–Kier alpha value is -3.10. The molecule has 0 fully saturated rings. The number of methoxy groups -OCH3 is 1. The van der Waals surface area contributed by atoms with Gasteiger partial charge in [0.25, 0.3) is 5.56 Å². The van der Waals surface area contributed by atoms with E-state index in [4.69, 9.17) is 21.4 Å². The number of rotatable bonds is 5. The molecule has 6 nitrogen and oxygen atoms in total. The zero-order valence-electron chi connectivity index (χ0n) is 15.7. The molecule has 0 aliphatic heterocycles. The summed E-state index contributed by atoms with van der Waals surface area (Å²) in [5, 5.41) is 14.2. The van der Waals surface area contributed by atoms with Crippen LogP contribution in [0, 0.1) is 0 Å². The Morgan fingerprint density at radius 2 is 2.07 bits per heavy atom. The summed E-state index contributed by atoms with van der Waals surface area (Å²) in [7, 11) is 1.54. The Morgan fingerprint density at radius 3 is 2.73 bits per heavy atom. The summed E-state index contributed by atoms with van der Waals surface area (Å²) in [5.74, 6) is 0.538. The lowest BCUT2D eigenvalue weighted by Gasteiger charge is -2.15. The van der Waals surface area contributed by atoms with Crippen LogP contribution >= 0.6 is 22.9 Å². The largest absolute Gasteiger partial charge is 0.496 e. The molecule has 0 aliphatic carbocycles. The summed E-state index contributed by atoms with van der Waals surface area (Å²) in [6, 6.07) is 10.6. The number of amides is 1. The Morgan fingerprint density at radius 1 is 1.33 bits per heavy atom. The van der Waals surface area contributed by atoms with E-state index < -0.39 is 12.4 Å². The molecule has 9 heteroatoms. The quantitative estimate of drug-likeness (QED) is 0.368. The molecule has 1 atom stereocenters. The second kappa shape index (κ2) is 7.97. The molecule has 0 bridgehead atoms. The fraction of sp³-hybridized carbons (Fsp3) is 0.143. The number of pyridine rings is 1. The minimum atomic E-state index is -1.70. The molecule has 0 saturated heterocycles. The predicted octanol–water partition coefficient (Wildman–Crippen LogP) is 5.18. The Labute approximate surface area is 178 Å². The van der Waals surface area contributed by atoms with E-state index in [9.17, 15) is 14.0 Å². The van der Waals surface area contributed by atoms with Crippen molar-refractivity contribution in [1.82, 2.24) is 10.3 Å². The normalized spacial score (nSPS) is 12.2. The molecule has 4 rings (SSSR count). The zero-order valence-corrected chi connectivity index (χ0v) is 17.2. The highest BCUT2D eigenvalue weighted by molar-refractivity contribution is 7.17. The summed E-state index contributed by atoms with van der Waals surface area (Å²) in [6.45, 7) is 0. The van der Waals surface area contributed by atoms with Crippen molar-refractivity contribution in [3.63, 3.8) is 0 Å². The number of carboxylic acid groups (broad SMARTS) is 1. The van der Waals surface area contributed by atoms with Gasteiger partial charge in [0.2, 0.25) is 0 Å². The van der Waals surface area contributed by atoms with E-state index in [1.54, 1.807) is 35.6 Å². The number of ether oxygens (including phenoxy) is 1. The van der Waals surface area contributed by atoms with Gasteiger partial charge in [-0.25, -0.2) is 9.18 Å². The summed E-state index contributed by atoms with van der Waals surface area (Å²) >= 11 is 7.76. The maximum absolute atomic E-state index is 13.8. The van der Waals surface area contributed by atoms with E-state index in [2.05, 4.69) is 4.98 Å². The van der Waals surface area contributed by atoms with Crippen LogP contribution in [-0.2, 0) is 6.42 Å². The number of alkyl halides is 1. The molecule has 0 aliphatic rings. The van der Waals surface area contributed by atoms with Gasteiger partial charge in [-0.2, -0.15) is 0 Å². The number of thiophene rings is 1. The van der Waals surface area contributed by atoms with Crippen LogP contribution in [0.5, 0.6) is 5.75 Å². The van der Waals surface area contributed by atoms with Gasteiger partial charge >= 0.3 is 6.09 Å². The smallest absolute Gasteiger partial charge is 0.406 e. The second-order valence-corrected chi connectivity index (χ2v) is 7.94. The van der Waals surface area contributed by atoms with E-state index in [1.165, 1.54) is 18.4 Å². The van der Waals surface area contributed by atoms with Crippen LogP contribution in [0.15, 0.2) is 46.6 Å². The van der Waals surface area contributed by atoms with Gasteiger partial charge < -0.3 is 14.8 Å². The SMILES string of the molecule is COc1cc(Cl)c2[nH]c(=O)c3sccc3c2c1-c1ccc(CC(F)NC(=O)O)cc1. The third-order valence-corrected chi connectivity index (χ3v) is 5.99. The van der Waals surface area contributed by atoms with Gasteiger partial charge in [0, 0.05) is 28.8 Å². The van der Waals surface area contributed by atoms with Crippen molar-refractivity contribution < 1.29 is 19.0 Å². The van der Waals surface area contributed by atoms with Crippen molar-refractivity contribution in [3.05, 3.63) is 62.7 Å². The van der Waals surface area contributed by atoms with Crippen molar-refractivity contribution in [2.24, 2.45) is 0 Å². The number of hydrogen-bond donors (Lipinski definition) is 3. The van der Waals surface area contributed by atoms with E-state index in [1.807, 2.05) is 11.4 Å². The molecule has 3 N–H and O–H groups in total. The average Bonchev–Trinajstić information content (AvgIpc) is 3.19. The monoisotopic (exact) mass is 446 g/mol. The highest BCUT2D eigenvalue weighted by Gasteiger charge is 2.19. The Kier molecular flexibility index (Phi) is 5.36. The maximum Gasteiger partial charge on any atom is 0.406 e. The molecule has 2 aromatic carbocycles. The number of carbonyl (C=O) groups is 1. The van der Waals surface area contributed by atoms with Crippen LogP contribution in [0.1, 0.15) is 5.56 Å². The molecular weight excluding hydrogens is 431 g/mol. The van der Waals surface area contributed by atoms with E-state index >= 15 is 0 Å². The van der Waals surface area contributed by atoms with Crippen molar-refractivity contribution in [3.8, 4) is 16.9 Å². The van der Waals surface area contributed by atoms with Gasteiger partial charge in [-0.1, -0.05) is 35.9 Å². The number of halogens is 2. The minimum Gasteiger partial charge on any atom is -0.496 e. The Bertz CT molecular complexity index is 1320. The van der Waals surface area contributed by atoms with Crippen LogP contribution in [0.3, 0.4) is 0 Å². The van der Waals surface area contributed by atoms with Crippen molar-refractivity contribution >= 4 is 50.0 Å². The van der Waals surface area contributed by atoms with Crippen molar-refractivity contribution in [2.75, 3.05) is 7.11 Å². The van der Waals surface area contributed by atoms with Crippen LogP contribution < -0.4 is 15.6 Å². The summed E-state index contributed by atoms with van der Waals surface area (Å²) in [5.41, 5.74) is 2.48. The lowest BCUT2D eigenvalue weighted by atomic mass is 9.96. The van der Waals surface area contributed by atoms with Gasteiger partial charge in [0.05, 0.1) is 17.6 Å². The molecule has 0 spiro atoms. The van der Waals surface area contributed by atoms with Crippen molar-refractivity contribution in [2.45, 2.75) is 12.7 Å². The molecule has 154 valence electrons. The van der Waals surface area contributed by atoms with E-state index in [-0.39, 0.29) is 12.0 Å². The first-order valence-corrected chi connectivity index (χ1v) is 10.2. The van der Waals surface area contributed by atoms with E-state index in [0.29, 0.717) is 26.6 Å². The average molecular weight is 447 g/mol. The fourth-order valence-electron chi connectivity index (χ4n) is 3.52. The lowest BCUT2D eigenvalue weighted by Crippen LogP contribution is -2.31. The second-order valence-electron chi connectivity index (χ2n) is 6.62. The molecule has 30 heavy (non-hydrogen) atoms. The minimum absolute atomic E-state index is 0.0901. The number of H-pyrrole nitrogens is 1. The van der Waals surface area contributed by atoms with Gasteiger partial charge in [-0.3, -0.25) is 10.1 Å². The number of aromatic nitrogens is 1. The number of nitrogens with one attached hydrogen (secondary N) is 2. The molecule has 1 amide bonds. The highest BCUT2D eigenvalue weighted by atomic mass is 35.5. The molecule has 0 radical (unpaired) electrons. The first-order valence-electron chi connectivity index (χ1n) is 8.91. The number of aromatic amines is 1. The molecule has 0 saturated carbocycles. The predicted molar refractivity (Wildman–Crippen MR) is 117 cm³/mol. The standard InChI is InChI=1S/C21H16ClFN2O4S/c1-29-14-9-13(22)18-17(12-6-7-30-19(12)20(26)25-18)16(14)11-4-2-10(3-5-11)8-15(23)24-21(27)28/h2-7,9,15,24H,8H2,1H3,(H,25,26)(H,27,28). The van der Waals surface area contributed by atoms with Crippen LogP contribution in [0.25, 0.3) is 32.1 Å². The molecule has 2 aromatic heterocycles. The van der Waals surface area contributed by atoms with Gasteiger partial charge in [-0.15, -0.1) is 11.3 Å². The van der Waals surface area contributed by atoms with Crippen LogP contribution in [0.4, 0.5) is 9.18 Å². The topological polar surface area (TPSA) is 91.4 Å². The summed E-state index contributed by atoms with van der Waals surface area (Å²) in [6.07, 6.45) is -3.20. The van der Waals surface area contributed by atoms with Gasteiger partial charge in [0.1, 0.15) is 10.4 Å². The third-order valence-electron chi connectivity index (χ3n) is 4.78. The van der Waals surface area contributed by atoms with Crippen LogP contribution in [-0.4, -0.2) is 29.6 Å². The van der Waals surface area contributed by atoms with E-state index in [0.717, 1.165) is 21.9 Å². The molecule has 1 unspecified atom stereocenters. The zero-order chi connectivity index (χ0) is 21.4. The third kappa shape index (κ3) is 3.59. The summed E-state index contributed by atoms with van der Waals surface area (Å²) < 4.78 is 19.9. The number of benzene rings is 2. The lowest BCUT2D eigenvalue weighted by molar-refractivity contribution is 0.172. The molecular formula is C21H16ClFN2O4S. The number of fused-ring (bicyclic) bond motifs is 3. The van der Waals surface area contributed by atoms with Gasteiger partial charge in [-0.05, 0) is 22.6 Å². The first-order chi connectivity index (χ1) is 14.4. The highest BCUT2D eigenvalue weighted by Crippen LogP contribution is 2.43. The fourth-order valence-corrected chi connectivity index (χ4v) is 4.55. The summed E-state index contributed by atoms with van der Waals surface area (Å²) in [4.78, 5) is 25.8. The van der Waals surface area contributed by atoms with Gasteiger partial charge in [0.15, 0.2) is 6.30 Å². The maximum atomic E-state index is 13.8. The van der Waals surface area contributed by atoms with Crippen LogP contribution in [0.2, 0.25) is 5.02 Å². The molecule has 4 aromatic rings.